The van der Waals surface area contributed by atoms with E-state index in [-0.39, 0.29) is 23.7 Å². The van der Waals surface area contributed by atoms with Crippen molar-refractivity contribution in [2.45, 2.75) is 313 Å². The summed E-state index contributed by atoms with van der Waals surface area (Å²) in [5, 5.41) is 0. The molecule has 70 heavy (non-hydrogen) atoms. The zero-order valence-corrected chi connectivity index (χ0v) is 50.9. The Morgan fingerprint density at radius 2 is 0.543 bits per heavy atom. The van der Waals surface area contributed by atoms with Gasteiger partial charge in [0.05, 0.1) is 13.2 Å². The van der Waals surface area contributed by atoms with Crippen LogP contribution in [-0.2, 0) is 33.3 Å². The molecule has 0 aromatic carbocycles. The maximum absolute atomic E-state index is 11.7. The Bertz CT molecular complexity index is 1080. The molecule has 0 saturated heterocycles. The SMILES string of the molecule is C.CCCCCC(C)(C)C.CCCCCCCC(=O)CC(C)(C)C.CCCCCOCCOCCCCC(=O)CC(C)(C)C.CCCCOCCC(C)(C)C.CCCCOCCCC(=O)CC(C)(C)C. The first-order valence-electron chi connectivity index (χ1n) is 28.8. The molecule has 0 amide bonds. The smallest absolute Gasteiger partial charge is 0.133 e. The van der Waals surface area contributed by atoms with Crippen molar-refractivity contribution in [2.24, 2.45) is 27.1 Å². The van der Waals surface area contributed by atoms with Crippen LogP contribution in [0.25, 0.3) is 0 Å². The van der Waals surface area contributed by atoms with E-state index in [2.05, 4.69) is 138 Å². The van der Waals surface area contributed by atoms with Crippen LogP contribution in [0.1, 0.15) is 313 Å². The number of rotatable bonds is 36. The van der Waals surface area contributed by atoms with E-state index in [0.29, 0.717) is 67.1 Å². The summed E-state index contributed by atoms with van der Waals surface area (Å²) in [6, 6.07) is 0. The molecule has 426 valence electrons. The standard InChI is InChI=1S/C17H34O3.C13H26O2.C13H26O.C10H22O.C9H20.CH4/c1-5-6-8-11-19-13-14-20-12-9-7-10-16(18)15-17(2,3)4;1-5-6-9-15-10-7-8-12(14)11-13(2,3)4;1-5-6-7-8-9-10-12(14)11-13(2,3)4;1-5-6-8-11-9-7-10(2,3)4;1-5-6-7-8-9(2,3)4;/h5-15H2,1-4H3;5-11H2,1-4H3;5-11H2,1-4H3;5-9H2,1-4H3;5-8H2,1-4H3;1H4. The molecule has 0 unspecified atom stereocenters. The minimum atomic E-state index is 0. The van der Waals surface area contributed by atoms with Crippen molar-refractivity contribution in [3.05, 3.63) is 0 Å². The Labute approximate surface area is 441 Å². The second-order valence-corrected chi connectivity index (χ2v) is 25.7. The van der Waals surface area contributed by atoms with Gasteiger partial charge in [-0.2, -0.15) is 0 Å². The Hall–Kier alpha value is -1.15. The third-order valence-corrected chi connectivity index (χ3v) is 10.6. The minimum absolute atomic E-state index is 0. The van der Waals surface area contributed by atoms with E-state index in [0.717, 1.165) is 97.4 Å². The maximum atomic E-state index is 11.7. The normalized spacial score (nSPS) is 11.7. The number of unbranched alkanes of at least 4 members (excludes halogenated alkanes) is 11. The monoisotopic (exact) mass is 1000 g/mol. The largest absolute Gasteiger partial charge is 0.381 e. The van der Waals surface area contributed by atoms with Crippen LogP contribution >= 0.6 is 0 Å². The van der Waals surface area contributed by atoms with Gasteiger partial charge < -0.3 is 18.9 Å². The van der Waals surface area contributed by atoms with Gasteiger partial charge in [-0.05, 0) is 84.9 Å². The minimum Gasteiger partial charge on any atom is -0.381 e. The van der Waals surface area contributed by atoms with Gasteiger partial charge in [0.1, 0.15) is 17.3 Å². The second-order valence-electron chi connectivity index (χ2n) is 25.7. The molecule has 0 rings (SSSR count). The third-order valence-electron chi connectivity index (χ3n) is 10.6. The van der Waals surface area contributed by atoms with E-state index in [1.807, 2.05) is 0 Å². The van der Waals surface area contributed by atoms with E-state index >= 15 is 0 Å². The molecule has 0 bridgehead atoms. The number of carbonyl (C=O) groups excluding carboxylic acids is 3. The van der Waals surface area contributed by atoms with Crippen molar-refractivity contribution in [2.75, 3.05) is 52.9 Å². The first-order chi connectivity index (χ1) is 32.0. The molecular weight excluding hydrogens is 869 g/mol. The third kappa shape index (κ3) is 92.9. The molecule has 0 heterocycles. The summed E-state index contributed by atoms with van der Waals surface area (Å²) < 4.78 is 21.8. The van der Waals surface area contributed by atoms with Gasteiger partial charge in [-0.1, -0.05) is 217 Å². The zero-order chi connectivity index (χ0) is 54.1. The highest BCUT2D eigenvalue weighted by Gasteiger charge is 2.17. The molecule has 0 spiro atoms. The second kappa shape index (κ2) is 52.7. The lowest BCUT2D eigenvalue weighted by Gasteiger charge is -2.17. The molecule has 0 N–H and O–H groups in total. The van der Waals surface area contributed by atoms with Crippen LogP contribution in [-0.4, -0.2) is 70.2 Å². The highest BCUT2D eigenvalue weighted by atomic mass is 16.5. The highest BCUT2D eigenvalue weighted by molar-refractivity contribution is 5.79. The quantitative estimate of drug-likeness (QED) is 0.0578. The van der Waals surface area contributed by atoms with E-state index < -0.39 is 0 Å². The summed E-state index contributed by atoms with van der Waals surface area (Å²) in [4.78, 5) is 34.6. The maximum Gasteiger partial charge on any atom is 0.133 e. The molecule has 0 aliphatic carbocycles. The Morgan fingerprint density at radius 3 is 0.914 bits per heavy atom. The van der Waals surface area contributed by atoms with Crippen molar-refractivity contribution >= 4 is 17.3 Å². The van der Waals surface area contributed by atoms with Crippen molar-refractivity contribution in [3.8, 4) is 0 Å². The summed E-state index contributed by atoms with van der Waals surface area (Å²) in [5.41, 5.74) is 1.38. The molecule has 0 saturated carbocycles. The molecular formula is C63H132O7. The van der Waals surface area contributed by atoms with Crippen molar-refractivity contribution in [1.29, 1.82) is 0 Å². The van der Waals surface area contributed by atoms with Crippen molar-refractivity contribution in [3.63, 3.8) is 0 Å². The first-order valence-corrected chi connectivity index (χ1v) is 28.8. The Morgan fingerprint density at radius 1 is 0.271 bits per heavy atom. The van der Waals surface area contributed by atoms with Gasteiger partial charge in [0.15, 0.2) is 0 Å². The summed E-state index contributed by atoms with van der Waals surface area (Å²) >= 11 is 0. The molecule has 0 radical (unpaired) electrons. The molecule has 0 aromatic heterocycles. The Kier molecular flexibility index (Phi) is 60.4. The number of ketones is 3. The predicted molar refractivity (Wildman–Crippen MR) is 311 cm³/mol. The van der Waals surface area contributed by atoms with Crippen molar-refractivity contribution in [1.82, 2.24) is 0 Å². The van der Waals surface area contributed by atoms with Crippen molar-refractivity contribution < 1.29 is 33.3 Å². The topological polar surface area (TPSA) is 88.1 Å². The number of carbonyl (C=O) groups is 3. The van der Waals surface area contributed by atoms with Gasteiger partial charge >= 0.3 is 0 Å². The summed E-state index contributed by atoms with van der Waals surface area (Å²) in [5.74, 6) is 1.17. The number of hydrogen-bond acceptors (Lipinski definition) is 7. The van der Waals surface area contributed by atoms with Crippen LogP contribution < -0.4 is 0 Å². The van der Waals surface area contributed by atoms with Crippen LogP contribution in [0.2, 0.25) is 0 Å². The summed E-state index contributed by atoms with van der Waals surface area (Å²) in [6.45, 7) is 50.0. The first kappa shape index (κ1) is 80.2. The Balaban J connectivity index is -0.000000187. The van der Waals surface area contributed by atoms with Crippen LogP contribution in [0.5, 0.6) is 0 Å². The van der Waals surface area contributed by atoms with Gasteiger partial charge in [0, 0.05) is 78.2 Å². The lowest BCUT2D eigenvalue weighted by Crippen LogP contribution is -2.13. The average Bonchev–Trinajstić information content (AvgIpc) is 3.19. The van der Waals surface area contributed by atoms with Crippen LogP contribution in [0, 0.1) is 27.1 Å². The van der Waals surface area contributed by atoms with E-state index in [4.69, 9.17) is 18.9 Å². The molecule has 0 aromatic rings. The van der Waals surface area contributed by atoms with Gasteiger partial charge in [0.2, 0.25) is 0 Å². The van der Waals surface area contributed by atoms with Gasteiger partial charge in [-0.15, -0.1) is 0 Å². The fraction of sp³-hybridized carbons (Fsp3) is 0.952. The van der Waals surface area contributed by atoms with Crippen LogP contribution in [0.15, 0.2) is 0 Å². The fourth-order valence-corrected chi connectivity index (χ4v) is 6.62. The highest BCUT2D eigenvalue weighted by Crippen LogP contribution is 2.23. The molecule has 7 nitrogen and oxygen atoms in total. The lowest BCUT2D eigenvalue weighted by molar-refractivity contribution is -0.121. The van der Waals surface area contributed by atoms with Gasteiger partial charge in [-0.25, -0.2) is 0 Å². The summed E-state index contributed by atoms with van der Waals surface area (Å²) in [6.07, 6.45) is 28.2. The molecule has 7 heteroatoms. The fourth-order valence-electron chi connectivity index (χ4n) is 6.62. The number of ether oxygens (including phenoxy) is 4. The van der Waals surface area contributed by atoms with E-state index in [1.165, 1.54) is 83.5 Å². The van der Waals surface area contributed by atoms with Crippen LogP contribution in [0.4, 0.5) is 0 Å². The molecule has 0 atom stereocenters. The predicted octanol–water partition coefficient (Wildman–Crippen LogP) is 19.8. The zero-order valence-electron chi connectivity index (χ0n) is 50.9. The van der Waals surface area contributed by atoms with Gasteiger partial charge in [0.25, 0.3) is 0 Å². The summed E-state index contributed by atoms with van der Waals surface area (Å²) in [7, 11) is 0. The van der Waals surface area contributed by atoms with E-state index in [9.17, 15) is 14.4 Å². The molecule has 0 aliphatic rings. The molecule has 0 fully saturated rings. The number of hydrogen-bond donors (Lipinski definition) is 0. The van der Waals surface area contributed by atoms with Gasteiger partial charge in [-0.3, -0.25) is 14.4 Å². The lowest BCUT2D eigenvalue weighted by atomic mass is 9.88. The average molecular weight is 1000 g/mol. The molecule has 0 aliphatic heterocycles. The number of Topliss-reactive ketones (excluding diaryl/α,β-unsaturated/α-hetero) is 3. The van der Waals surface area contributed by atoms with E-state index in [1.54, 1.807) is 0 Å². The van der Waals surface area contributed by atoms with Crippen LogP contribution in [0.3, 0.4) is 0 Å².